The monoisotopic (exact) mass is 338 g/mol. The molecule has 0 saturated heterocycles. The molecular formula is C21H29F3. The van der Waals surface area contributed by atoms with Crippen molar-refractivity contribution in [2.24, 2.45) is 11.8 Å². The van der Waals surface area contributed by atoms with Crippen molar-refractivity contribution in [3.8, 4) is 0 Å². The van der Waals surface area contributed by atoms with Crippen molar-refractivity contribution >= 4 is 5.57 Å². The maximum absolute atomic E-state index is 12.6. The lowest BCUT2D eigenvalue weighted by Gasteiger charge is -2.23. The molecule has 0 N–H and O–H groups in total. The number of rotatable bonds is 7. The minimum Gasteiger partial charge on any atom is -0.166 e. The lowest BCUT2D eigenvalue weighted by Crippen LogP contribution is -2.07. The number of halogens is 3. The zero-order chi connectivity index (χ0) is 17.6. The molecule has 1 aliphatic carbocycles. The standard InChI is InChI=1S/C21H29F3/c1-3-5-16(2)6-4-7-17-8-10-18(11-9-17)19-12-14-20(15-13-19)21(22,23)24/h10,12-17H,3-9,11H2,1-2H3. The van der Waals surface area contributed by atoms with Crippen LogP contribution >= 0.6 is 0 Å². The van der Waals surface area contributed by atoms with Crippen LogP contribution in [-0.2, 0) is 6.18 Å². The molecule has 24 heavy (non-hydrogen) atoms. The van der Waals surface area contributed by atoms with E-state index in [2.05, 4.69) is 19.9 Å². The summed E-state index contributed by atoms with van der Waals surface area (Å²) in [6.45, 7) is 4.58. The number of hydrogen-bond donors (Lipinski definition) is 0. The number of benzene rings is 1. The van der Waals surface area contributed by atoms with E-state index in [-0.39, 0.29) is 0 Å². The van der Waals surface area contributed by atoms with Crippen molar-refractivity contribution in [2.45, 2.75) is 71.4 Å². The molecule has 2 atom stereocenters. The SMILES string of the molecule is CCCC(C)CCCC1CC=C(c2ccc(C(F)(F)F)cc2)CC1. The molecule has 1 aromatic rings. The first-order chi connectivity index (χ1) is 11.4. The second-order valence-electron chi connectivity index (χ2n) is 7.27. The molecule has 0 nitrogen and oxygen atoms in total. The lowest BCUT2D eigenvalue weighted by molar-refractivity contribution is -0.137. The summed E-state index contributed by atoms with van der Waals surface area (Å²) < 4.78 is 37.9. The van der Waals surface area contributed by atoms with Gasteiger partial charge in [0.2, 0.25) is 0 Å². The average Bonchev–Trinajstić information content (AvgIpc) is 2.55. The summed E-state index contributed by atoms with van der Waals surface area (Å²) in [6, 6.07) is 5.61. The molecule has 1 aromatic carbocycles. The van der Waals surface area contributed by atoms with Gasteiger partial charge in [0.05, 0.1) is 5.56 Å². The van der Waals surface area contributed by atoms with Gasteiger partial charge < -0.3 is 0 Å². The molecule has 0 aromatic heterocycles. The van der Waals surface area contributed by atoms with Crippen LogP contribution in [0, 0.1) is 11.8 Å². The highest BCUT2D eigenvalue weighted by Gasteiger charge is 2.30. The fraction of sp³-hybridized carbons (Fsp3) is 0.619. The first-order valence-corrected chi connectivity index (χ1v) is 9.26. The molecule has 3 heteroatoms. The van der Waals surface area contributed by atoms with Gasteiger partial charge in [-0.15, -0.1) is 0 Å². The predicted molar refractivity (Wildman–Crippen MR) is 94.7 cm³/mol. The van der Waals surface area contributed by atoms with E-state index in [1.807, 2.05) is 0 Å². The Bertz CT molecular complexity index is 525. The smallest absolute Gasteiger partial charge is 0.166 e. The van der Waals surface area contributed by atoms with Gasteiger partial charge in [0, 0.05) is 0 Å². The van der Waals surface area contributed by atoms with E-state index in [4.69, 9.17) is 0 Å². The van der Waals surface area contributed by atoms with Crippen molar-refractivity contribution < 1.29 is 13.2 Å². The third-order valence-corrected chi connectivity index (χ3v) is 5.19. The molecule has 0 bridgehead atoms. The van der Waals surface area contributed by atoms with Crippen LogP contribution in [0.3, 0.4) is 0 Å². The highest BCUT2D eigenvalue weighted by Crippen LogP contribution is 2.35. The van der Waals surface area contributed by atoms with Crippen molar-refractivity contribution in [3.63, 3.8) is 0 Å². The number of hydrogen-bond acceptors (Lipinski definition) is 0. The summed E-state index contributed by atoms with van der Waals surface area (Å²) in [5, 5.41) is 0. The maximum atomic E-state index is 12.6. The Balaban J connectivity index is 1.82. The van der Waals surface area contributed by atoms with E-state index in [1.54, 1.807) is 12.1 Å². The van der Waals surface area contributed by atoms with Gasteiger partial charge in [-0.25, -0.2) is 0 Å². The summed E-state index contributed by atoms with van der Waals surface area (Å²) in [6.07, 6.45) is 7.70. The Morgan fingerprint density at radius 3 is 2.38 bits per heavy atom. The summed E-state index contributed by atoms with van der Waals surface area (Å²) in [5.41, 5.74) is 1.58. The molecule has 2 unspecified atom stereocenters. The molecular weight excluding hydrogens is 309 g/mol. The quantitative estimate of drug-likeness (QED) is 0.483. The molecule has 134 valence electrons. The van der Waals surface area contributed by atoms with Gasteiger partial charge in [-0.2, -0.15) is 13.2 Å². The van der Waals surface area contributed by atoms with Crippen molar-refractivity contribution in [2.75, 3.05) is 0 Å². The minimum absolute atomic E-state index is 0.568. The van der Waals surface area contributed by atoms with Crippen LogP contribution in [0.1, 0.15) is 76.3 Å². The van der Waals surface area contributed by atoms with Crippen LogP contribution in [0.25, 0.3) is 5.57 Å². The third kappa shape index (κ3) is 5.68. The van der Waals surface area contributed by atoms with E-state index in [0.29, 0.717) is 0 Å². The Morgan fingerprint density at radius 1 is 1.12 bits per heavy atom. The zero-order valence-corrected chi connectivity index (χ0v) is 14.8. The highest BCUT2D eigenvalue weighted by molar-refractivity contribution is 5.66. The second kappa shape index (κ2) is 8.73. The van der Waals surface area contributed by atoms with Gasteiger partial charge in [0.15, 0.2) is 0 Å². The fourth-order valence-corrected chi connectivity index (χ4v) is 3.68. The molecule has 0 saturated carbocycles. The largest absolute Gasteiger partial charge is 0.416 e. The number of allylic oxidation sites excluding steroid dienone is 2. The van der Waals surface area contributed by atoms with Crippen molar-refractivity contribution in [1.29, 1.82) is 0 Å². The summed E-state index contributed by atoms with van der Waals surface area (Å²) >= 11 is 0. The summed E-state index contributed by atoms with van der Waals surface area (Å²) in [4.78, 5) is 0. The zero-order valence-electron chi connectivity index (χ0n) is 14.8. The Morgan fingerprint density at radius 2 is 1.83 bits per heavy atom. The first-order valence-electron chi connectivity index (χ1n) is 9.26. The van der Waals surface area contributed by atoms with Crippen LogP contribution in [0.5, 0.6) is 0 Å². The van der Waals surface area contributed by atoms with Gasteiger partial charge in [-0.3, -0.25) is 0 Å². The molecule has 1 aliphatic rings. The second-order valence-corrected chi connectivity index (χ2v) is 7.27. The van der Waals surface area contributed by atoms with Crippen LogP contribution in [0.4, 0.5) is 13.2 Å². The highest BCUT2D eigenvalue weighted by atomic mass is 19.4. The maximum Gasteiger partial charge on any atom is 0.416 e. The van der Waals surface area contributed by atoms with Gasteiger partial charge in [-0.05, 0) is 54.4 Å². The first kappa shape index (κ1) is 19.1. The van der Waals surface area contributed by atoms with Crippen molar-refractivity contribution in [1.82, 2.24) is 0 Å². The van der Waals surface area contributed by atoms with E-state index < -0.39 is 11.7 Å². The van der Waals surface area contributed by atoms with Gasteiger partial charge in [-0.1, -0.05) is 64.2 Å². The van der Waals surface area contributed by atoms with Crippen LogP contribution in [-0.4, -0.2) is 0 Å². The Hall–Kier alpha value is -1.25. The molecule has 0 fully saturated rings. The minimum atomic E-state index is -4.25. The number of alkyl halides is 3. The molecule has 0 spiro atoms. The fourth-order valence-electron chi connectivity index (χ4n) is 3.68. The van der Waals surface area contributed by atoms with E-state index in [9.17, 15) is 13.2 Å². The van der Waals surface area contributed by atoms with Crippen LogP contribution < -0.4 is 0 Å². The summed E-state index contributed by atoms with van der Waals surface area (Å²) in [5.74, 6) is 1.58. The van der Waals surface area contributed by atoms with Crippen LogP contribution in [0.2, 0.25) is 0 Å². The average molecular weight is 338 g/mol. The Kier molecular flexibility index (Phi) is 6.94. The van der Waals surface area contributed by atoms with Gasteiger partial charge in [0.25, 0.3) is 0 Å². The van der Waals surface area contributed by atoms with E-state index in [0.717, 1.165) is 36.7 Å². The van der Waals surface area contributed by atoms with Gasteiger partial charge >= 0.3 is 6.18 Å². The Labute approximate surface area is 144 Å². The summed E-state index contributed by atoms with van der Waals surface area (Å²) in [7, 11) is 0. The van der Waals surface area contributed by atoms with E-state index in [1.165, 1.54) is 49.8 Å². The van der Waals surface area contributed by atoms with E-state index >= 15 is 0 Å². The normalized spacial score (nSPS) is 19.9. The topological polar surface area (TPSA) is 0 Å². The molecule has 2 rings (SSSR count). The molecule has 0 aliphatic heterocycles. The third-order valence-electron chi connectivity index (χ3n) is 5.19. The molecule has 0 radical (unpaired) electrons. The van der Waals surface area contributed by atoms with Crippen LogP contribution in [0.15, 0.2) is 30.3 Å². The van der Waals surface area contributed by atoms with Gasteiger partial charge in [0.1, 0.15) is 0 Å². The van der Waals surface area contributed by atoms with Crippen molar-refractivity contribution in [3.05, 3.63) is 41.5 Å². The molecule has 0 heterocycles. The molecule has 0 amide bonds. The lowest BCUT2D eigenvalue weighted by atomic mass is 9.83. The predicted octanol–water partition coefficient (Wildman–Crippen LogP) is 7.50.